The van der Waals surface area contributed by atoms with Crippen LogP contribution in [0.15, 0.2) is 18.5 Å². The van der Waals surface area contributed by atoms with Gasteiger partial charge in [0.25, 0.3) is 5.69 Å². The average molecular weight is 194 g/mol. The predicted molar refractivity (Wildman–Crippen MR) is 46.7 cm³/mol. The number of nitrogens with zero attached hydrogens (tertiary/aromatic N) is 4. The van der Waals surface area contributed by atoms with Crippen LogP contribution in [0.2, 0.25) is 0 Å². The maximum atomic E-state index is 10.4. The normalized spacial score (nSPS) is 10.4. The lowest BCUT2D eigenvalue weighted by molar-refractivity contribution is -0.385. The van der Waals surface area contributed by atoms with E-state index in [1.807, 2.05) is 0 Å². The third kappa shape index (κ3) is 1.15. The highest BCUT2D eigenvalue weighted by molar-refractivity contribution is 5.76. The Balaban J connectivity index is 2.63. The molecule has 0 aliphatic carbocycles. The summed E-state index contributed by atoms with van der Waals surface area (Å²) in [6.45, 7) is 0. The zero-order valence-corrected chi connectivity index (χ0v) is 7.25. The lowest BCUT2D eigenvalue weighted by atomic mass is 10.3. The fraction of sp³-hybridized carbons (Fsp3) is 0.143. The minimum absolute atomic E-state index is 0.0619. The molecule has 2 rings (SSSR count). The molecule has 0 unspecified atom stereocenters. The van der Waals surface area contributed by atoms with Crippen LogP contribution < -0.4 is 4.84 Å². The van der Waals surface area contributed by atoms with Crippen molar-refractivity contribution in [3.63, 3.8) is 0 Å². The molecule has 2 aromatic rings. The lowest BCUT2D eigenvalue weighted by Gasteiger charge is -1.97. The summed E-state index contributed by atoms with van der Waals surface area (Å²) in [4.78, 5) is 19.8. The van der Waals surface area contributed by atoms with E-state index < -0.39 is 4.92 Å². The van der Waals surface area contributed by atoms with Crippen molar-refractivity contribution in [1.29, 1.82) is 0 Å². The topological polar surface area (TPSA) is 83.1 Å². The molecule has 0 aliphatic rings. The maximum Gasteiger partial charge on any atom is 0.288 e. The average Bonchev–Trinajstić information content (AvgIpc) is 2.59. The van der Waals surface area contributed by atoms with Crippen molar-refractivity contribution in [3.8, 4) is 0 Å². The molecule has 7 heteroatoms. The van der Waals surface area contributed by atoms with Gasteiger partial charge in [0, 0.05) is 11.5 Å². The Labute approximate surface area is 78.0 Å². The molecule has 0 aliphatic heterocycles. The molecule has 0 saturated carbocycles. The number of rotatable bonds is 2. The van der Waals surface area contributed by atoms with E-state index in [0.29, 0.717) is 11.0 Å². The molecular formula is C7H6N4O3. The first-order chi connectivity index (χ1) is 6.72. The summed E-state index contributed by atoms with van der Waals surface area (Å²) in [5, 5.41) is 14.8. The van der Waals surface area contributed by atoms with Gasteiger partial charge in [-0.1, -0.05) is 4.85 Å². The molecule has 0 saturated heterocycles. The molecule has 0 fully saturated rings. The largest absolute Gasteiger partial charge is 0.398 e. The molecular weight excluding hydrogens is 188 g/mol. The van der Waals surface area contributed by atoms with E-state index in [2.05, 4.69) is 10.1 Å². The molecule has 7 nitrogen and oxygen atoms in total. The Morgan fingerprint density at radius 2 is 2.36 bits per heavy atom. The summed E-state index contributed by atoms with van der Waals surface area (Å²) in [5.41, 5.74) is 0.395. The van der Waals surface area contributed by atoms with Gasteiger partial charge < -0.3 is 4.84 Å². The second kappa shape index (κ2) is 2.95. The molecule has 14 heavy (non-hydrogen) atoms. The van der Waals surface area contributed by atoms with Gasteiger partial charge >= 0.3 is 0 Å². The zero-order chi connectivity index (χ0) is 10.1. The van der Waals surface area contributed by atoms with Gasteiger partial charge in [-0.25, -0.2) is 4.98 Å². The first-order valence-electron chi connectivity index (χ1n) is 3.75. The molecule has 0 N–H and O–H groups in total. The number of aromatic nitrogens is 3. The van der Waals surface area contributed by atoms with E-state index in [0.717, 1.165) is 0 Å². The maximum absolute atomic E-state index is 10.4. The van der Waals surface area contributed by atoms with Crippen LogP contribution in [0.1, 0.15) is 0 Å². The Kier molecular flexibility index (Phi) is 1.77. The van der Waals surface area contributed by atoms with Crippen LogP contribution in [0, 0.1) is 10.1 Å². The molecule has 0 atom stereocenters. The number of nitro groups is 1. The fourth-order valence-corrected chi connectivity index (χ4v) is 1.12. The number of fused-ring (bicyclic) bond motifs is 1. The van der Waals surface area contributed by atoms with Crippen molar-refractivity contribution in [1.82, 2.24) is 14.9 Å². The summed E-state index contributed by atoms with van der Waals surface area (Å²) in [7, 11) is 1.44. The molecule has 72 valence electrons. The quantitative estimate of drug-likeness (QED) is 0.510. The van der Waals surface area contributed by atoms with Gasteiger partial charge in [-0.05, 0) is 0 Å². The molecule has 2 heterocycles. The highest BCUT2D eigenvalue weighted by atomic mass is 16.7. The number of hydrogen-bond acceptors (Lipinski definition) is 5. The number of hydrogen-bond donors (Lipinski definition) is 0. The van der Waals surface area contributed by atoms with Crippen molar-refractivity contribution in [2.45, 2.75) is 0 Å². The third-order valence-electron chi connectivity index (χ3n) is 1.75. The van der Waals surface area contributed by atoms with Gasteiger partial charge in [-0.3, -0.25) is 10.1 Å². The summed E-state index contributed by atoms with van der Waals surface area (Å²) in [6.07, 6.45) is 2.62. The highest BCUT2D eigenvalue weighted by Gasteiger charge is 2.10. The van der Waals surface area contributed by atoms with Crippen LogP contribution in [0.25, 0.3) is 11.0 Å². The van der Waals surface area contributed by atoms with Crippen LogP contribution >= 0.6 is 0 Å². The Bertz CT molecular complexity index is 493. The Hall–Kier alpha value is -2.18. The SMILES string of the molecule is COn1ncc2cc([N+](=O)[O-])cnc21. The molecule has 0 radical (unpaired) electrons. The van der Waals surface area contributed by atoms with Crippen LogP contribution in [0.5, 0.6) is 0 Å². The Morgan fingerprint density at radius 1 is 1.57 bits per heavy atom. The van der Waals surface area contributed by atoms with E-state index >= 15 is 0 Å². The van der Waals surface area contributed by atoms with Crippen LogP contribution in [0.4, 0.5) is 5.69 Å². The second-order valence-electron chi connectivity index (χ2n) is 2.56. The highest BCUT2D eigenvalue weighted by Crippen LogP contribution is 2.16. The Morgan fingerprint density at radius 3 is 3.00 bits per heavy atom. The lowest BCUT2D eigenvalue weighted by Crippen LogP contribution is -2.07. The monoisotopic (exact) mass is 194 g/mol. The van der Waals surface area contributed by atoms with Crippen LogP contribution in [-0.4, -0.2) is 27.0 Å². The van der Waals surface area contributed by atoms with Gasteiger partial charge in [0.1, 0.15) is 13.3 Å². The zero-order valence-electron chi connectivity index (χ0n) is 7.25. The smallest absolute Gasteiger partial charge is 0.288 e. The second-order valence-corrected chi connectivity index (χ2v) is 2.56. The molecule has 0 amide bonds. The standard InChI is InChI=1S/C7H6N4O3/c1-14-10-7-5(3-9-10)2-6(4-8-7)11(12)13/h2-4H,1H3. The van der Waals surface area contributed by atoms with Crippen molar-refractivity contribution < 1.29 is 9.76 Å². The molecule has 2 aromatic heterocycles. The minimum atomic E-state index is -0.503. The van der Waals surface area contributed by atoms with Gasteiger partial charge in [-0.15, -0.1) is 5.10 Å². The van der Waals surface area contributed by atoms with E-state index in [1.165, 1.54) is 30.4 Å². The van der Waals surface area contributed by atoms with E-state index in [1.54, 1.807) is 0 Å². The first kappa shape index (κ1) is 8.42. The summed E-state index contributed by atoms with van der Waals surface area (Å²) >= 11 is 0. The van der Waals surface area contributed by atoms with Crippen LogP contribution in [0.3, 0.4) is 0 Å². The third-order valence-corrected chi connectivity index (χ3v) is 1.75. The summed E-state index contributed by atoms with van der Waals surface area (Å²) in [6, 6.07) is 1.39. The van der Waals surface area contributed by atoms with Crippen molar-refractivity contribution in [3.05, 3.63) is 28.6 Å². The van der Waals surface area contributed by atoms with Gasteiger partial charge in [0.2, 0.25) is 0 Å². The summed E-state index contributed by atoms with van der Waals surface area (Å²) < 4.78 is 0. The fourth-order valence-electron chi connectivity index (χ4n) is 1.12. The van der Waals surface area contributed by atoms with Crippen molar-refractivity contribution in [2.24, 2.45) is 0 Å². The van der Waals surface area contributed by atoms with Crippen molar-refractivity contribution >= 4 is 16.7 Å². The molecule has 0 aromatic carbocycles. The number of pyridine rings is 1. The van der Waals surface area contributed by atoms with Crippen molar-refractivity contribution in [2.75, 3.05) is 7.11 Å². The summed E-state index contributed by atoms with van der Waals surface area (Å²) in [5.74, 6) is 0. The van der Waals surface area contributed by atoms with E-state index in [-0.39, 0.29) is 5.69 Å². The molecule has 0 spiro atoms. The first-order valence-corrected chi connectivity index (χ1v) is 3.75. The predicted octanol–water partition coefficient (Wildman–Crippen LogP) is 0.398. The minimum Gasteiger partial charge on any atom is -0.398 e. The van der Waals surface area contributed by atoms with Gasteiger partial charge in [0.15, 0.2) is 5.65 Å². The van der Waals surface area contributed by atoms with Crippen LogP contribution in [-0.2, 0) is 0 Å². The van der Waals surface area contributed by atoms with E-state index in [4.69, 9.17) is 4.84 Å². The van der Waals surface area contributed by atoms with E-state index in [9.17, 15) is 10.1 Å². The van der Waals surface area contributed by atoms with Gasteiger partial charge in [-0.2, -0.15) is 0 Å². The molecule has 0 bridgehead atoms. The van der Waals surface area contributed by atoms with Gasteiger partial charge in [0.05, 0.1) is 11.1 Å².